The first-order valence-electron chi connectivity index (χ1n) is 10.2. The van der Waals surface area contributed by atoms with Crippen molar-refractivity contribution in [1.82, 2.24) is 25.1 Å². The number of benzene rings is 1. The van der Waals surface area contributed by atoms with Gasteiger partial charge in [-0.1, -0.05) is 19.1 Å². The first-order valence-corrected chi connectivity index (χ1v) is 10.2. The molecule has 1 fully saturated rings. The van der Waals surface area contributed by atoms with Gasteiger partial charge in [0, 0.05) is 19.4 Å². The lowest BCUT2D eigenvalue weighted by atomic mass is 10.0. The topological polar surface area (TPSA) is 86.3 Å². The Hall–Kier alpha value is -3.16. The van der Waals surface area contributed by atoms with Crippen molar-refractivity contribution in [3.05, 3.63) is 59.3 Å². The Labute approximate surface area is 175 Å². The van der Waals surface area contributed by atoms with Gasteiger partial charge in [0.1, 0.15) is 29.1 Å². The van der Waals surface area contributed by atoms with Crippen LogP contribution in [0.5, 0.6) is 5.75 Å². The molecule has 4 rings (SSSR count). The van der Waals surface area contributed by atoms with E-state index >= 15 is 0 Å². The molecule has 1 amide bonds. The molecule has 0 bridgehead atoms. The molecule has 3 aromatic rings. The summed E-state index contributed by atoms with van der Waals surface area (Å²) in [7, 11) is 3.41. The second kappa shape index (κ2) is 8.30. The highest BCUT2D eigenvalue weighted by Gasteiger charge is 2.36. The average Bonchev–Trinajstić information content (AvgIpc) is 3.11. The van der Waals surface area contributed by atoms with E-state index in [9.17, 15) is 4.79 Å². The van der Waals surface area contributed by atoms with Crippen molar-refractivity contribution in [2.24, 2.45) is 5.92 Å². The molecular formula is C22H27N5O3. The molecule has 0 saturated heterocycles. The van der Waals surface area contributed by atoms with E-state index in [1.54, 1.807) is 30.7 Å². The molecule has 30 heavy (non-hydrogen) atoms. The Kier molecular flexibility index (Phi) is 5.57. The Morgan fingerprint density at radius 1 is 1.37 bits per heavy atom. The van der Waals surface area contributed by atoms with Crippen molar-refractivity contribution < 1.29 is 13.9 Å². The lowest BCUT2D eigenvalue weighted by molar-refractivity contribution is -0.134. The maximum atomic E-state index is 13.4. The predicted octanol–water partition coefficient (Wildman–Crippen LogP) is 3.15. The van der Waals surface area contributed by atoms with Crippen molar-refractivity contribution in [2.75, 3.05) is 14.2 Å². The number of aryl methyl sites for hydroxylation is 1. The van der Waals surface area contributed by atoms with Crippen LogP contribution in [0.2, 0.25) is 0 Å². The second-order valence-corrected chi connectivity index (χ2v) is 8.06. The average molecular weight is 409 g/mol. The summed E-state index contributed by atoms with van der Waals surface area (Å²) in [6.45, 7) is 4.41. The molecule has 0 unspecified atom stereocenters. The molecule has 0 N–H and O–H groups in total. The van der Waals surface area contributed by atoms with Gasteiger partial charge in [-0.15, -0.1) is 5.10 Å². The van der Waals surface area contributed by atoms with E-state index in [1.807, 2.05) is 36.4 Å². The molecule has 1 aliphatic carbocycles. The molecule has 0 aliphatic heterocycles. The highest BCUT2D eigenvalue weighted by Crippen LogP contribution is 2.47. The Morgan fingerprint density at radius 2 is 2.17 bits per heavy atom. The third-order valence-electron chi connectivity index (χ3n) is 5.73. The molecule has 2 aromatic heterocycles. The van der Waals surface area contributed by atoms with Crippen LogP contribution < -0.4 is 4.74 Å². The van der Waals surface area contributed by atoms with E-state index in [0.717, 1.165) is 22.8 Å². The number of carbonyl (C=O) groups is 1. The zero-order valence-electron chi connectivity index (χ0n) is 17.8. The number of hydrogen-bond acceptors (Lipinski definition) is 6. The van der Waals surface area contributed by atoms with E-state index < -0.39 is 6.04 Å². The fraction of sp³-hybridized carbons (Fsp3) is 0.455. The third-order valence-corrected chi connectivity index (χ3v) is 5.73. The molecule has 8 heteroatoms. The molecule has 1 saturated carbocycles. The number of likely N-dealkylation sites (N-methyl/N-ethyl adjacent to an activating group) is 1. The van der Waals surface area contributed by atoms with Gasteiger partial charge in [-0.05, 0) is 59.5 Å². The molecule has 0 spiro atoms. The van der Waals surface area contributed by atoms with Crippen molar-refractivity contribution in [3.63, 3.8) is 0 Å². The highest BCUT2D eigenvalue weighted by molar-refractivity contribution is 5.80. The molecule has 3 atom stereocenters. The molecule has 1 aliphatic rings. The van der Waals surface area contributed by atoms with Crippen LogP contribution in [0, 0.1) is 12.8 Å². The Bertz CT molecular complexity index is 1030. The number of rotatable bonds is 8. The number of tetrazole rings is 1. The normalized spacial score (nSPS) is 18.8. The number of carbonyl (C=O) groups excluding carboxylic acids is 1. The van der Waals surface area contributed by atoms with Crippen molar-refractivity contribution in [1.29, 1.82) is 0 Å². The van der Waals surface area contributed by atoms with Gasteiger partial charge in [0.05, 0.1) is 13.7 Å². The van der Waals surface area contributed by atoms with Crippen LogP contribution in [0.4, 0.5) is 0 Å². The van der Waals surface area contributed by atoms with E-state index in [1.165, 1.54) is 6.42 Å². The van der Waals surface area contributed by atoms with Crippen molar-refractivity contribution in [2.45, 2.75) is 45.2 Å². The fourth-order valence-corrected chi connectivity index (χ4v) is 3.79. The Balaban J connectivity index is 1.52. The van der Waals surface area contributed by atoms with Crippen molar-refractivity contribution in [3.8, 4) is 5.75 Å². The summed E-state index contributed by atoms with van der Waals surface area (Å²) in [5.74, 6) is 4.26. The van der Waals surface area contributed by atoms with Gasteiger partial charge in [-0.2, -0.15) is 0 Å². The standard InChI is InChI=1S/C22H27N5O3/c1-14-10-19(14)21-9-8-18(30-21)13-26(3)22(28)20(27-15(2)23-24-25-27)12-16-6-5-7-17(11-16)29-4/h5-9,11,14,19-20H,10,12-13H2,1-4H3/t14-,19+,20+/m0/s1. The van der Waals surface area contributed by atoms with Crippen LogP contribution >= 0.6 is 0 Å². The molecule has 158 valence electrons. The van der Waals surface area contributed by atoms with Gasteiger partial charge in [0.15, 0.2) is 0 Å². The number of furan rings is 1. The van der Waals surface area contributed by atoms with E-state index in [4.69, 9.17) is 9.15 Å². The summed E-state index contributed by atoms with van der Waals surface area (Å²) in [4.78, 5) is 15.1. The fourth-order valence-electron chi connectivity index (χ4n) is 3.79. The summed E-state index contributed by atoms with van der Waals surface area (Å²) >= 11 is 0. The van der Waals surface area contributed by atoms with Crippen LogP contribution in [-0.4, -0.2) is 45.2 Å². The molecule has 1 aromatic carbocycles. The zero-order valence-corrected chi connectivity index (χ0v) is 17.8. The lowest BCUT2D eigenvalue weighted by Crippen LogP contribution is -2.36. The number of hydrogen-bond donors (Lipinski definition) is 0. The van der Waals surface area contributed by atoms with Crippen LogP contribution in [0.15, 0.2) is 40.8 Å². The third kappa shape index (κ3) is 4.22. The molecular weight excluding hydrogens is 382 g/mol. The monoisotopic (exact) mass is 409 g/mol. The van der Waals surface area contributed by atoms with E-state index in [0.29, 0.717) is 30.6 Å². The predicted molar refractivity (Wildman–Crippen MR) is 110 cm³/mol. The van der Waals surface area contributed by atoms with Gasteiger partial charge in [0.25, 0.3) is 0 Å². The van der Waals surface area contributed by atoms with E-state index in [2.05, 4.69) is 22.4 Å². The first-order chi connectivity index (χ1) is 14.5. The summed E-state index contributed by atoms with van der Waals surface area (Å²) in [5.41, 5.74) is 0.971. The van der Waals surface area contributed by atoms with Gasteiger partial charge >= 0.3 is 0 Å². The van der Waals surface area contributed by atoms with Crippen LogP contribution in [0.3, 0.4) is 0 Å². The van der Waals surface area contributed by atoms with Crippen molar-refractivity contribution >= 4 is 5.91 Å². The molecule has 2 heterocycles. The minimum Gasteiger partial charge on any atom is -0.497 e. The second-order valence-electron chi connectivity index (χ2n) is 8.06. The number of amides is 1. The summed E-state index contributed by atoms with van der Waals surface area (Å²) in [6, 6.07) is 11.1. The van der Waals surface area contributed by atoms with Gasteiger partial charge in [-0.3, -0.25) is 4.79 Å². The highest BCUT2D eigenvalue weighted by atomic mass is 16.5. The number of methoxy groups -OCH3 is 1. The quantitative estimate of drug-likeness (QED) is 0.568. The minimum atomic E-state index is -0.560. The van der Waals surface area contributed by atoms with Crippen LogP contribution in [0.1, 0.15) is 48.2 Å². The number of aromatic nitrogens is 4. The van der Waals surface area contributed by atoms with Crippen LogP contribution in [0.25, 0.3) is 0 Å². The van der Waals surface area contributed by atoms with Crippen LogP contribution in [-0.2, 0) is 17.8 Å². The van der Waals surface area contributed by atoms with Gasteiger partial charge in [-0.25, -0.2) is 4.68 Å². The van der Waals surface area contributed by atoms with Gasteiger partial charge in [0.2, 0.25) is 5.91 Å². The SMILES string of the molecule is COc1cccc(C[C@H](C(=O)N(C)Cc2ccc([C@@H]3C[C@@H]3C)o2)n2nnnc2C)c1. The largest absolute Gasteiger partial charge is 0.497 e. The first kappa shape index (κ1) is 20.1. The van der Waals surface area contributed by atoms with E-state index in [-0.39, 0.29) is 5.91 Å². The zero-order chi connectivity index (χ0) is 21.3. The maximum absolute atomic E-state index is 13.4. The summed E-state index contributed by atoms with van der Waals surface area (Å²) in [6.07, 6.45) is 1.62. The number of nitrogens with zero attached hydrogens (tertiary/aromatic N) is 5. The minimum absolute atomic E-state index is 0.0778. The summed E-state index contributed by atoms with van der Waals surface area (Å²) < 4.78 is 12.9. The smallest absolute Gasteiger partial charge is 0.248 e. The number of ether oxygens (including phenoxy) is 1. The Morgan fingerprint density at radius 3 is 2.83 bits per heavy atom. The molecule has 8 nitrogen and oxygen atoms in total. The summed E-state index contributed by atoms with van der Waals surface area (Å²) in [5, 5.41) is 11.8. The van der Waals surface area contributed by atoms with Gasteiger partial charge < -0.3 is 14.1 Å². The molecule has 0 radical (unpaired) electrons. The maximum Gasteiger partial charge on any atom is 0.248 e. The lowest BCUT2D eigenvalue weighted by Gasteiger charge is -2.23.